The van der Waals surface area contributed by atoms with E-state index in [0.717, 1.165) is 5.56 Å². The molecule has 2 rings (SSSR count). The summed E-state index contributed by atoms with van der Waals surface area (Å²) < 4.78 is 0. The van der Waals surface area contributed by atoms with Gasteiger partial charge < -0.3 is 15.1 Å². The Kier molecular flexibility index (Phi) is 5.85. The fourth-order valence-electron chi connectivity index (χ4n) is 2.02. The molecule has 0 unspecified atom stereocenters. The lowest BCUT2D eigenvalue weighted by molar-refractivity contribution is -0.150. The second-order valence-electron chi connectivity index (χ2n) is 4.95. The van der Waals surface area contributed by atoms with Crippen molar-refractivity contribution in [2.75, 3.05) is 0 Å². The Balaban J connectivity index is 2.03. The van der Waals surface area contributed by atoms with Gasteiger partial charge in [0.05, 0.1) is 11.6 Å². The zero-order valence-electron chi connectivity index (χ0n) is 12.3. The smallest absolute Gasteiger partial charge is 0.356 e. The van der Waals surface area contributed by atoms with Crippen LogP contribution in [0.3, 0.4) is 0 Å². The van der Waals surface area contributed by atoms with Crippen LogP contribution in [-0.4, -0.2) is 34.3 Å². The summed E-state index contributed by atoms with van der Waals surface area (Å²) in [7, 11) is 0. The van der Waals surface area contributed by atoms with E-state index in [1.165, 1.54) is 0 Å². The number of carboxylic acid groups (broad SMARTS) is 1. The van der Waals surface area contributed by atoms with Gasteiger partial charge in [-0.25, -0.2) is 9.59 Å². The number of aliphatic hydroxyl groups excluding tert-OH is 1. The highest BCUT2D eigenvalue weighted by Gasteiger charge is 2.27. The SMILES string of the molecule is O=C(ON[C@H](Cc1ccccc1)[C@H](O)C(=O)O)c1ccccc1. The van der Waals surface area contributed by atoms with Crippen LogP contribution in [-0.2, 0) is 16.1 Å². The van der Waals surface area contributed by atoms with E-state index < -0.39 is 24.1 Å². The molecule has 0 amide bonds. The van der Waals surface area contributed by atoms with Crippen LogP contribution in [0.2, 0.25) is 0 Å². The molecule has 0 spiro atoms. The maximum atomic E-state index is 11.9. The molecule has 0 heterocycles. The van der Waals surface area contributed by atoms with Crippen LogP contribution >= 0.6 is 0 Å². The van der Waals surface area contributed by atoms with E-state index >= 15 is 0 Å². The third-order valence-electron chi connectivity index (χ3n) is 3.25. The molecule has 0 saturated carbocycles. The summed E-state index contributed by atoms with van der Waals surface area (Å²) in [5, 5.41) is 18.8. The van der Waals surface area contributed by atoms with Crippen molar-refractivity contribution in [2.45, 2.75) is 18.6 Å². The van der Waals surface area contributed by atoms with Crippen LogP contribution in [0.1, 0.15) is 15.9 Å². The molecule has 6 heteroatoms. The van der Waals surface area contributed by atoms with E-state index in [2.05, 4.69) is 5.48 Å². The molecule has 3 N–H and O–H groups in total. The second-order valence-corrected chi connectivity index (χ2v) is 4.95. The summed E-state index contributed by atoms with van der Waals surface area (Å²) >= 11 is 0. The number of aliphatic hydroxyl groups is 1. The maximum Gasteiger partial charge on any atom is 0.356 e. The van der Waals surface area contributed by atoms with Crippen LogP contribution in [0.15, 0.2) is 60.7 Å². The number of nitrogens with one attached hydrogen (secondary N) is 1. The molecule has 120 valence electrons. The monoisotopic (exact) mass is 315 g/mol. The van der Waals surface area contributed by atoms with Gasteiger partial charge >= 0.3 is 11.9 Å². The Morgan fingerprint density at radius 1 is 1.00 bits per heavy atom. The van der Waals surface area contributed by atoms with Gasteiger partial charge in [0.15, 0.2) is 6.10 Å². The highest BCUT2D eigenvalue weighted by atomic mass is 16.7. The zero-order chi connectivity index (χ0) is 16.7. The third kappa shape index (κ3) is 4.91. The van der Waals surface area contributed by atoms with Gasteiger partial charge in [0.25, 0.3) is 0 Å². The van der Waals surface area contributed by atoms with E-state index in [1.807, 2.05) is 6.07 Å². The normalized spacial score (nSPS) is 13.1. The molecule has 0 fully saturated rings. The number of hydroxylamine groups is 1. The highest BCUT2D eigenvalue weighted by molar-refractivity contribution is 5.89. The van der Waals surface area contributed by atoms with Crippen molar-refractivity contribution in [2.24, 2.45) is 0 Å². The van der Waals surface area contributed by atoms with Crippen molar-refractivity contribution in [3.05, 3.63) is 71.8 Å². The van der Waals surface area contributed by atoms with Crippen molar-refractivity contribution in [3.8, 4) is 0 Å². The molecule has 2 atom stereocenters. The first-order valence-electron chi connectivity index (χ1n) is 7.04. The molecule has 23 heavy (non-hydrogen) atoms. The average Bonchev–Trinajstić information content (AvgIpc) is 2.59. The lowest BCUT2D eigenvalue weighted by Crippen LogP contribution is -2.46. The minimum Gasteiger partial charge on any atom is -0.479 e. The number of hydrogen-bond acceptors (Lipinski definition) is 5. The number of benzene rings is 2. The number of aliphatic carboxylic acids is 1. The highest BCUT2D eigenvalue weighted by Crippen LogP contribution is 2.08. The quantitative estimate of drug-likeness (QED) is 0.669. The Morgan fingerprint density at radius 3 is 2.13 bits per heavy atom. The lowest BCUT2D eigenvalue weighted by Gasteiger charge is -2.20. The average molecular weight is 315 g/mol. The Labute approximate surface area is 133 Å². The first kappa shape index (κ1) is 16.7. The van der Waals surface area contributed by atoms with Crippen molar-refractivity contribution < 1.29 is 24.6 Å². The number of carboxylic acids is 1. The van der Waals surface area contributed by atoms with Crippen molar-refractivity contribution in [1.82, 2.24) is 5.48 Å². The van der Waals surface area contributed by atoms with Gasteiger partial charge in [-0.3, -0.25) is 0 Å². The van der Waals surface area contributed by atoms with Gasteiger partial charge in [-0.05, 0) is 24.1 Å². The standard InChI is InChI=1S/C17H17NO5/c19-15(16(20)21)14(11-12-7-3-1-4-8-12)18-23-17(22)13-9-5-2-6-10-13/h1-10,14-15,18-19H,11H2,(H,20,21)/t14-,15+/m1/s1. The van der Waals surface area contributed by atoms with Crippen LogP contribution < -0.4 is 5.48 Å². The second kappa shape index (κ2) is 8.07. The number of carbonyl (C=O) groups excluding carboxylic acids is 1. The lowest BCUT2D eigenvalue weighted by atomic mass is 10.0. The fourth-order valence-corrected chi connectivity index (χ4v) is 2.02. The summed E-state index contributed by atoms with van der Waals surface area (Å²) in [6, 6.07) is 16.3. The first-order valence-corrected chi connectivity index (χ1v) is 7.04. The first-order chi connectivity index (χ1) is 11.1. The predicted octanol–water partition coefficient (Wildman–Crippen LogP) is 1.40. The molecule has 0 aliphatic rings. The molecule has 0 radical (unpaired) electrons. The molecule has 6 nitrogen and oxygen atoms in total. The van der Waals surface area contributed by atoms with Gasteiger partial charge in [-0.1, -0.05) is 48.5 Å². The Hall–Kier alpha value is -2.70. The summed E-state index contributed by atoms with van der Waals surface area (Å²) in [5.74, 6) is -2.05. The Morgan fingerprint density at radius 2 is 1.57 bits per heavy atom. The van der Waals surface area contributed by atoms with E-state index in [1.54, 1.807) is 54.6 Å². The minimum atomic E-state index is -1.71. The topological polar surface area (TPSA) is 95.9 Å². The van der Waals surface area contributed by atoms with Gasteiger partial charge in [0, 0.05) is 0 Å². The summed E-state index contributed by atoms with van der Waals surface area (Å²) in [5.41, 5.74) is 3.50. The molecular weight excluding hydrogens is 298 g/mol. The third-order valence-corrected chi connectivity index (χ3v) is 3.25. The molecule has 2 aromatic rings. The van der Waals surface area contributed by atoms with Crippen molar-refractivity contribution >= 4 is 11.9 Å². The molecule has 2 aromatic carbocycles. The predicted molar refractivity (Wildman–Crippen MR) is 82.6 cm³/mol. The molecule has 0 bridgehead atoms. The van der Waals surface area contributed by atoms with E-state index in [9.17, 15) is 14.7 Å². The van der Waals surface area contributed by atoms with Crippen LogP contribution in [0, 0.1) is 0 Å². The van der Waals surface area contributed by atoms with E-state index in [-0.39, 0.29) is 6.42 Å². The van der Waals surface area contributed by atoms with E-state index in [4.69, 9.17) is 9.94 Å². The van der Waals surface area contributed by atoms with Gasteiger partial charge in [0.1, 0.15) is 0 Å². The summed E-state index contributed by atoms with van der Waals surface area (Å²) in [6.07, 6.45) is -1.52. The molecule has 0 aliphatic carbocycles. The molecule has 0 saturated heterocycles. The Bertz CT molecular complexity index is 645. The number of hydrogen-bond donors (Lipinski definition) is 3. The van der Waals surface area contributed by atoms with Crippen LogP contribution in [0.4, 0.5) is 0 Å². The minimum absolute atomic E-state index is 0.191. The molecule has 0 aliphatic heterocycles. The number of carbonyl (C=O) groups is 2. The van der Waals surface area contributed by atoms with Crippen LogP contribution in [0.25, 0.3) is 0 Å². The van der Waals surface area contributed by atoms with Gasteiger partial charge in [0.2, 0.25) is 0 Å². The summed E-state index contributed by atoms with van der Waals surface area (Å²) in [4.78, 5) is 27.8. The van der Waals surface area contributed by atoms with Crippen molar-refractivity contribution in [1.29, 1.82) is 0 Å². The molecule has 0 aromatic heterocycles. The fraction of sp³-hybridized carbons (Fsp3) is 0.176. The summed E-state index contributed by atoms with van der Waals surface area (Å²) in [6.45, 7) is 0. The number of rotatable bonds is 7. The van der Waals surface area contributed by atoms with Crippen molar-refractivity contribution in [3.63, 3.8) is 0 Å². The van der Waals surface area contributed by atoms with E-state index in [0.29, 0.717) is 5.56 Å². The van der Waals surface area contributed by atoms with Gasteiger partial charge in [-0.2, -0.15) is 0 Å². The largest absolute Gasteiger partial charge is 0.479 e. The molecular formula is C17H17NO5. The van der Waals surface area contributed by atoms with Gasteiger partial charge in [-0.15, -0.1) is 5.48 Å². The van der Waals surface area contributed by atoms with Crippen LogP contribution in [0.5, 0.6) is 0 Å². The maximum absolute atomic E-state index is 11.9. The zero-order valence-corrected chi connectivity index (χ0v) is 12.3.